The van der Waals surface area contributed by atoms with Crippen LogP contribution in [-0.4, -0.2) is 23.3 Å². The number of carbonyl (C=O) groups excluding carboxylic acids is 2. The number of hydrogen-bond acceptors (Lipinski definition) is 3. The summed E-state index contributed by atoms with van der Waals surface area (Å²) in [5, 5.41) is 2.79. The van der Waals surface area contributed by atoms with Crippen molar-refractivity contribution in [3.8, 4) is 0 Å². The number of nitrogens with zero attached hydrogens (tertiary/aromatic N) is 2. The molecule has 0 radical (unpaired) electrons. The first-order valence-electron chi connectivity index (χ1n) is 7.06. The Kier molecular flexibility index (Phi) is 5.25. The second-order valence-corrected chi connectivity index (χ2v) is 5.08. The molecule has 1 N–H and O–H groups in total. The summed E-state index contributed by atoms with van der Waals surface area (Å²) in [6.45, 7) is 3.82. The van der Waals surface area contributed by atoms with E-state index in [9.17, 15) is 9.59 Å². The van der Waals surface area contributed by atoms with Gasteiger partial charge >= 0.3 is 0 Å². The number of rotatable bonds is 5. The van der Waals surface area contributed by atoms with Gasteiger partial charge in [0.2, 0.25) is 11.8 Å². The van der Waals surface area contributed by atoms with Gasteiger partial charge in [0.25, 0.3) is 0 Å². The third kappa shape index (κ3) is 4.41. The zero-order valence-electron chi connectivity index (χ0n) is 12.7. The lowest BCUT2D eigenvalue weighted by atomic mass is 10.2. The first-order chi connectivity index (χ1) is 10.6. The molecule has 5 nitrogen and oxygen atoms in total. The molecule has 0 spiro atoms. The number of carbonyl (C=O) groups is 2. The predicted molar refractivity (Wildman–Crippen MR) is 85.3 cm³/mol. The summed E-state index contributed by atoms with van der Waals surface area (Å²) in [6, 6.07) is 11.2. The van der Waals surface area contributed by atoms with Crippen LogP contribution in [0.4, 0.5) is 5.69 Å². The molecular formula is C17H19N3O2. The molecule has 0 aliphatic rings. The van der Waals surface area contributed by atoms with Gasteiger partial charge in [0.05, 0.1) is 0 Å². The van der Waals surface area contributed by atoms with Crippen molar-refractivity contribution in [3.63, 3.8) is 0 Å². The molecular weight excluding hydrogens is 278 g/mol. The maximum absolute atomic E-state index is 12.0. The van der Waals surface area contributed by atoms with Crippen LogP contribution >= 0.6 is 0 Å². The van der Waals surface area contributed by atoms with E-state index in [4.69, 9.17) is 0 Å². The summed E-state index contributed by atoms with van der Waals surface area (Å²) in [4.78, 5) is 29.3. The van der Waals surface area contributed by atoms with Gasteiger partial charge in [-0.3, -0.25) is 14.6 Å². The van der Waals surface area contributed by atoms with Crippen LogP contribution in [0, 0.1) is 6.92 Å². The van der Waals surface area contributed by atoms with Crippen molar-refractivity contribution in [2.45, 2.75) is 20.4 Å². The zero-order chi connectivity index (χ0) is 15.9. The van der Waals surface area contributed by atoms with E-state index in [2.05, 4.69) is 10.3 Å². The smallest absolute Gasteiger partial charge is 0.240 e. The Bertz CT molecular complexity index is 639. The Morgan fingerprint density at radius 3 is 2.50 bits per heavy atom. The molecule has 0 saturated heterocycles. The minimum atomic E-state index is -0.209. The summed E-state index contributed by atoms with van der Waals surface area (Å²) >= 11 is 0. The Hall–Kier alpha value is -2.69. The molecule has 0 unspecified atom stereocenters. The molecule has 22 heavy (non-hydrogen) atoms. The maximum Gasteiger partial charge on any atom is 0.240 e. The second kappa shape index (κ2) is 7.36. The molecule has 0 saturated carbocycles. The number of aromatic nitrogens is 1. The van der Waals surface area contributed by atoms with Gasteiger partial charge in [-0.15, -0.1) is 0 Å². The number of amides is 2. The fourth-order valence-corrected chi connectivity index (χ4v) is 2.01. The molecule has 0 bridgehead atoms. The van der Waals surface area contributed by atoms with E-state index in [-0.39, 0.29) is 18.4 Å². The summed E-state index contributed by atoms with van der Waals surface area (Å²) in [6.07, 6.45) is 3.38. The minimum Gasteiger partial charge on any atom is -0.350 e. The van der Waals surface area contributed by atoms with Crippen molar-refractivity contribution in [1.82, 2.24) is 10.3 Å². The predicted octanol–water partition coefficient (Wildman–Crippen LogP) is 2.06. The highest BCUT2D eigenvalue weighted by molar-refractivity contribution is 5.97. The number of hydrogen-bond donors (Lipinski definition) is 1. The van der Waals surface area contributed by atoms with Crippen molar-refractivity contribution >= 4 is 17.5 Å². The first kappa shape index (κ1) is 15.7. The second-order valence-electron chi connectivity index (χ2n) is 5.08. The third-order valence-corrected chi connectivity index (χ3v) is 3.24. The van der Waals surface area contributed by atoms with E-state index >= 15 is 0 Å². The lowest BCUT2D eigenvalue weighted by molar-refractivity contribution is -0.123. The van der Waals surface area contributed by atoms with Crippen molar-refractivity contribution < 1.29 is 9.59 Å². The Balaban J connectivity index is 1.97. The van der Waals surface area contributed by atoms with Gasteiger partial charge in [-0.1, -0.05) is 23.8 Å². The van der Waals surface area contributed by atoms with Crippen LogP contribution in [0.5, 0.6) is 0 Å². The SMILES string of the molecule is CC(=O)N(CC(=O)NCc1cccnc1)c1ccc(C)cc1. The molecule has 2 amide bonds. The summed E-state index contributed by atoms with van der Waals surface area (Å²) in [5.74, 6) is -0.375. The summed E-state index contributed by atoms with van der Waals surface area (Å²) in [7, 11) is 0. The normalized spacial score (nSPS) is 10.1. The van der Waals surface area contributed by atoms with E-state index in [1.54, 1.807) is 12.4 Å². The fourth-order valence-electron chi connectivity index (χ4n) is 2.01. The van der Waals surface area contributed by atoms with Crippen LogP contribution in [0.2, 0.25) is 0 Å². The van der Waals surface area contributed by atoms with Crippen molar-refractivity contribution in [3.05, 3.63) is 59.9 Å². The van der Waals surface area contributed by atoms with Crippen molar-refractivity contribution in [2.24, 2.45) is 0 Å². The van der Waals surface area contributed by atoms with E-state index in [1.807, 2.05) is 43.3 Å². The van der Waals surface area contributed by atoms with E-state index < -0.39 is 0 Å². The number of pyridine rings is 1. The zero-order valence-corrected chi connectivity index (χ0v) is 12.7. The molecule has 1 aromatic carbocycles. The third-order valence-electron chi connectivity index (χ3n) is 3.24. The molecule has 0 aliphatic carbocycles. The van der Waals surface area contributed by atoms with E-state index in [1.165, 1.54) is 11.8 Å². The van der Waals surface area contributed by atoms with Gasteiger partial charge in [-0.2, -0.15) is 0 Å². The van der Waals surface area contributed by atoms with Gasteiger partial charge in [0.15, 0.2) is 0 Å². The van der Waals surface area contributed by atoms with Gasteiger partial charge < -0.3 is 10.2 Å². The van der Waals surface area contributed by atoms with Gasteiger partial charge in [-0.25, -0.2) is 0 Å². The summed E-state index contributed by atoms with van der Waals surface area (Å²) < 4.78 is 0. The standard InChI is InChI=1S/C17H19N3O2/c1-13-5-7-16(8-6-13)20(14(2)21)12-17(22)19-11-15-4-3-9-18-10-15/h3-10H,11-12H2,1-2H3,(H,19,22). The lowest BCUT2D eigenvalue weighted by Crippen LogP contribution is -2.39. The fraction of sp³-hybridized carbons (Fsp3) is 0.235. The molecule has 1 heterocycles. The molecule has 5 heteroatoms. The molecule has 114 valence electrons. The van der Waals surface area contributed by atoms with E-state index in [0.29, 0.717) is 6.54 Å². The molecule has 0 atom stereocenters. The molecule has 2 aromatic rings. The highest BCUT2D eigenvalue weighted by atomic mass is 16.2. The largest absolute Gasteiger partial charge is 0.350 e. The number of nitrogens with one attached hydrogen (secondary N) is 1. The quantitative estimate of drug-likeness (QED) is 0.919. The molecule has 1 aromatic heterocycles. The van der Waals surface area contributed by atoms with Crippen LogP contribution in [0.25, 0.3) is 0 Å². The number of aryl methyl sites for hydroxylation is 1. The Morgan fingerprint density at radius 1 is 1.18 bits per heavy atom. The van der Waals surface area contributed by atoms with Crippen LogP contribution in [-0.2, 0) is 16.1 Å². The van der Waals surface area contributed by atoms with Crippen molar-refractivity contribution in [2.75, 3.05) is 11.4 Å². The minimum absolute atomic E-state index is 0.00133. The number of anilines is 1. The van der Waals surface area contributed by atoms with E-state index in [0.717, 1.165) is 16.8 Å². The van der Waals surface area contributed by atoms with Crippen LogP contribution < -0.4 is 10.2 Å². The monoisotopic (exact) mass is 297 g/mol. The molecule has 0 fully saturated rings. The molecule has 0 aliphatic heterocycles. The Morgan fingerprint density at radius 2 is 1.91 bits per heavy atom. The maximum atomic E-state index is 12.0. The average Bonchev–Trinajstić information content (AvgIpc) is 2.52. The topological polar surface area (TPSA) is 62.3 Å². The Labute approximate surface area is 130 Å². The van der Waals surface area contributed by atoms with Gasteiger partial charge in [-0.05, 0) is 30.7 Å². The highest BCUT2D eigenvalue weighted by Crippen LogP contribution is 2.15. The highest BCUT2D eigenvalue weighted by Gasteiger charge is 2.15. The van der Waals surface area contributed by atoms with Crippen molar-refractivity contribution in [1.29, 1.82) is 0 Å². The summed E-state index contributed by atoms with van der Waals surface area (Å²) in [5.41, 5.74) is 2.74. The van der Waals surface area contributed by atoms with Gasteiger partial charge in [0, 0.05) is 31.5 Å². The van der Waals surface area contributed by atoms with Crippen LogP contribution in [0.3, 0.4) is 0 Å². The van der Waals surface area contributed by atoms with Crippen LogP contribution in [0.15, 0.2) is 48.8 Å². The lowest BCUT2D eigenvalue weighted by Gasteiger charge is -2.20. The van der Waals surface area contributed by atoms with Gasteiger partial charge in [0.1, 0.15) is 6.54 Å². The van der Waals surface area contributed by atoms with Crippen LogP contribution in [0.1, 0.15) is 18.1 Å². The number of benzene rings is 1. The molecule has 2 rings (SSSR count). The first-order valence-corrected chi connectivity index (χ1v) is 7.06. The average molecular weight is 297 g/mol.